The molecule has 1 amide bonds. The van der Waals surface area contributed by atoms with Gasteiger partial charge in [-0.05, 0) is 120 Å². The van der Waals surface area contributed by atoms with E-state index in [1.54, 1.807) is 6.07 Å². The highest BCUT2D eigenvalue weighted by Crippen LogP contribution is 2.34. The van der Waals surface area contributed by atoms with Crippen LogP contribution >= 0.6 is 24.8 Å². The Morgan fingerprint density at radius 1 is 1.08 bits per heavy atom. The Balaban J connectivity index is 0.00000267. The van der Waals surface area contributed by atoms with Crippen molar-refractivity contribution in [3.05, 3.63) is 70.5 Å². The molecule has 4 nitrogen and oxygen atoms in total. The summed E-state index contributed by atoms with van der Waals surface area (Å²) in [4.78, 5) is 20.1. The molecule has 216 valence electrons. The predicted octanol–water partition coefficient (Wildman–Crippen LogP) is 6.95. The van der Waals surface area contributed by atoms with Gasteiger partial charge in [0.05, 0.1) is 0 Å². The third-order valence-electron chi connectivity index (χ3n) is 8.34. The van der Waals surface area contributed by atoms with Gasteiger partial charge in [-0.1, -0.05) is 37.3 Å². The predicted molar refractivity (Wildman–Crippen MR) is 167 cm³/mol. The van der Waals surface area contributed by atoms with Crippen molar-refractivity contribution in [1.29, 1.82) is 0 Å². The summed E-state index contributed by atoms with van der Waals surface area (Å²) in [6, 6.07) is 12.1. The number of likely N-dealkylation sites (tertiary alicyclic amines) is 1. The lowest BCUT2D eigenvalue weighted by Gasteiger charge is -2.38. The number of carbonyl (C=O) groups excluding carboxylic acids is 1. The molecular weight excluding hydrogens is 532 g/mol. The minimum Gasteiger partial charge on any atom is -0.311 e. The van der Waals surface area contributed by atoms with Crippen LogP contribution in [0.5, 0.6) is 0 Å². The fourth-order valence-corrected chi connectivity index (χ4v) is 6.24. The van der Waals surface area contributed by atoms with Crippen LogP contribution in [0.15, 0.2) is 42.5 Å². The van der Waals surface area contributed by atoms with Crippen molar-refractivity contribution >= 4 is 42.5 Å². The summed E-state index contributed by atoms with van der Waals surface area (Å²) >= 11 is 0. The number of halogens is 3. The molecule has 4 rings (SSSR count). The zero-order chi connectivity index (χ0) is 26.5. The van der Waals surface area contributed by atoms with Crippen molar-refractivity contribution in [3.8, 4) is 0 Å². The maximum Gasteiger partial charge on any atom is 0.229 e. The van der Waals surface area contributed by atoms with Crippen LogP contribution in [0.25, 0.3) is 6.08 Å². The summed E-state index contributed by atoms with van der Waals surface area (Å²) in [5.41, 5.74) is 5.19. The molecule has 2 atom stereocenters. The Morgan fingerprint density at radius 3 is 2.36 bits per heavy atom. The van der Waals surface area contributed by atoms with Gasteiger partial charge in [0.1, 0.15) is 5.82 Å². The SMILES string of the molecule is Cc1cc(/C=C/CCN(C)C2CCN(C)CC2)cc(C)c1N1C[C@@H](Cc2ccccc2F)C[C@@H](C)C1=O.Cl.Cl. The van der Waals surface area contributed by atoms with E-state index in [4.69, 9.17) is 0 Å². The van der Waals surface area contributed by atoms with E-state index in [1.807, 2.05) is 24.0 Å². The van der Waals surface area contributed by atoms with Crippen LogP contribution in [0, 0.1) is 31.5 Å². The fourth-order valence-electron chi connectivity index (χ4n) is 6.24. The van der Waals surface area contributed by atoms with Gasteiger partial charge >= 0.3 is 0 Å². The Bertz CT molecular complexity index is 1090. The van der Waals surface area contributed by atoms with Crippen molar-refractivity contribution in [2.75, 3.05) is 45.2 Å². The first kappa shape index (κ1) is 33.3. The molecule has 2 aromatic carbocycles. The third kappa shape index (κ3) is 8.53. The number of benzene rings is 2. The highest BCUT2D eigenvalue weighted by molar-refractivity contribution is 5.97. The van der Waals surface area contributed by atoms with Gasteiger partial charge in [-0.2, -0.15) is 0 Å². The van der Waals surface area contributed by atoms with Crippen LogP contribution in [-0.2, 0) is 11.2 Å². The number of rotatable bonds is 8. The van der Waals surface area contributed by atoms with Crippen LogP contribution in [0.2, 0.25) is 0 Å². The number of aryl methyl sites for hydroxylation is 2. The van der Waals surface area contributed by atoms with E-state index in [2.05, 4.69) is 62.0 Å². The van der Waals surface area contributed by atoms with Crippen molar-refractivity contribution in [1.82, 2.24) is 9.80 Å². The highest BCUT2D eigenvalue weighted by atomic mass is 35.5. The minimum atomic E-state index is -0.153. The number of hydrogen-bond donors (Lipinski definition) is 0. The quantitative estimate of drug-likeness (QED) is 0.339. The van der Waals surface area contributed by atoms with Gasteiger partial charge in [0.25, 0.3) is 0 Å². The van der Waals surface area contributed by atoms with E-state index in [9.17, 15) is 9.18 Å². The second-order valence-electron chi connectivity index (χ2n) is 11.5. The number of amides is 1. The standard InChI is InChI=1S/C32H44FN3O.2ClH/c1-23-18-26(10-8-9-15-35(5)29-13-16-34(4)17-14-29)19-24(2)31(23)36-22-27(20-25(3)32(36)37)21-28-11-6-7-12-30(28)33;;/h6-8,10-12,18-19,25,27,29H,9,13-17,20-22H2,1-5H3;2*1H/b10-8+;;/t25-,27-;;/m1../s1. The van der Waals surface area contributed by atoms with Crippen molar-refractivity contribution in [3.63, 3.8) is 0 Å². The molecule has 2 saturated heterocycles. The van der Waals surface area contributed by atoms with Crippen LogP contribution in [0.1, 0.15) is 54.9 Å². The molecule has 0 bridgehead atoms. The lowest BCUT2D eigenvalue weighted by molar-refractivity contribution is -0.124. The second-order valence-corrected chi connectivity index (χ2v) is 11.5. The molecule has 7 heteroatoms. The Morgan fingerprint density at radius 2 is 1.72 bits per heavy atom. The van der Waals surface area contributed by atoms with Gasteiger partial charge in [-0.25, -0.2) is 4.39 Å². The number of piperidine rings is 2. The zero-order valence-electron chi connectivity index (χ0n) is 24.2. The normalized spacial score (nSPS) is 20.8. The fraction of sp³-hybridized carbons (Fsp3) is 0.531. The Kier molecular flexibility index (Phi) is 13.0. The number of nitrogens with zero attached hydrogens (tertiary/aromatic N) is 3. The molecule has 0 unspecified atom stereocenters. The van der Waals surface area contributed by atoms with E-state index >= 15 is 0 Å². The molecule has 0 radical (unpaired) electrons. The first-order chi connectivity index (χ1) is 17.7. The zero-order valence-corrected chi connectivity index (χ0v) is 25.8. The first-order valence-electron chi connectivity index (χ1n) is 13.9. The molecule has 0 aromatic heterocycles. The maximum absolute atomic E-state index is 14.3. The van der Waals surface area contributed by atoms with Crippen molar-refractivity contribution < 1.29 is 9.18 Å². The summed E-state index contributed by atoms with van der Waals surface area (Å²) < 4.78 is 14.3. The number of carbonyl (C=O) groups is 1. The molecule has 0 saturated carbocycles. The van der Waals surface area contributed by atoms with E-state index < -0.39 is 0 Å². The monoisotopic (exact) mass is 577 g/mol. The maximum atomic E-state index is 14.3. The molecule has 2 aliphatic heterocycles. The van der Waals surface area contributed by atoms with Gasteiger partial charge < -0.3 is 14.7 Å². The molecule has 2 fully saturated rings. The van der Waals surface area contributed by atoms with E-state index in [-0.39, 0.29) is 48.4 Å². The summed E-state index contributed by atoms with van der Waals surface area (Å²) in [6.07, 6.45) is 9.49. The lowest BCUT2D eigenvalue weighted by atomic mass is 9.84. The van der Waals surface area contributed by atoms with Gasteiger partial charge in [0.2, 0.25) is 5.91 Å². The second kappa shape index (κ2) is 15.2. The van der Waals surface area contributed by atoms with Gasteiger partial charge in [-0.3, -0.25) is 4.79 Å². The van der Waals surface area contributed by atoms with Gasteiger partial charge in [-0.15, -0.1) is 24.8 Å². The van der Waals surface area contributed by atoms with Crippen LogP contribution in [0.4, 0.5) is 10.1 Å². The average Bonchev–Trinajstić information content (AvgIpc) is 2.86. The minimum absolute atomic E-state index is 0. The van der Waals surface area contributed by atoms with Gasteiger partial charge in [0.15, 0.2) is 0 Å². The van der Waals surface area contributed by atoms with Crippen LogP contribution in [-0.4, -0.2) is 62.0 Å². The Hall–Kier alpha value is -1.92. The molecule has 2 aromatic rings. The Labute approximate surface area is 247 Å². The third-order valence-corrected chi connectivity index (χ3v) is 8.34. The molecule has 39 heavy (non-hydrogen) atoms. The number of hydrogen-bond acceptors (Lipinski definition) is 3. The average molecular weight is 579 g/mol. The van der Waals surface area contributed by atoms with E-state index in [0.29, 0.717) is 19.0 Å². The van der Waals surface area contributed by atoms with Crippen LogP contribution in [0.3, 0.4) is 0 Å². The molecule has 0 spiro atoms. The van der Waals surface area contributed by atoms with Gasteiger partial charge in [0, 0.05) is 30.7 Å². The lowest BCUT2D eigenvalue weighted by Crippen LogP contribution is -2.46. The van der Waals surface area contributed by atoms with E-state index in [0.717, 1.165) is 41.8 Å². The highest BCUT2D eigenvalue weighted by Gasteiger charge is 2.34. The van der Waals surface area contributed by atoms with Crippen molar-refractivity contribution in [2.24, 2.45) is 11.8 Å². The topological polar surface area (TPSA) is 26.8 Å². The first-order valence-corrected chi connectivity index (χ1v) is 13.9. The van der Waals surface area contributed by atoms with E-state index in [1.165, 1.54) is 37.6 Å². The number of anilines is 1. The summed E-state index contributed by atoms with van der Waals surface area (Å²) in [6.45, 7) is 10.3. The largest absolute Gasteiger partial charge is 0.311 e. The molecule has 2 aliphatic rings. The van der Waals surface area contributed by atoms with Crippen LogP contribution < -0.4 is 4.90 Å². The molecule has 0 aliphatic carbocycles. The summed E-state index contributed by atoms with van der Waals surface area (Å²) in [7, 11) is 4.46. The summed E-state index contributed by atoms with van der Waals surface area (Å²) in [5.74, 6) is 0.200. The van der Waals surface area contributed by atoms with Crippen molar-refractivity contribution in [2.45, 2.75) is 58.9 Å². The molecule has 0 N–H and O–H groups in total. The molecular formula is C32H46Cl2FN3O. The smallest absolute Gasteiger partial charge is 0.229 e. The molecule has 2 heterocycles. The summed E-state index contributed by atoms with van der Waals surface area (Å²) in [5, 5.41) is 0.